The summed E-state index contributed by atoms with van der Waals surface area (Å²) in [5, 5.41) is 0.738. The van der Waals surface area contributed by atoms with Gasteiger partial charge < -0.3 is 9.30 Å². The third kappa shape index (κ3) is 6.52. The predicted molar refractivity (Wildman–Crippen MR) is 132 cm³/mol. The molecule has 1 fully saturated rings. The van der Waals surface area contributed by atoms with Crippen LogP contribution in [0.3, 0.4) is 0 Å². The molecule has 162 valence electrons. The van der Waals surface area contributed by atoms with Crippen LogP contribution in [0, 0.1) is 0 Å². The van der Waals surface area contributed by atoms with E-state index in [4.69, 9.17) is 4.74 Å². The second kappa shape index (κ2) is 10.9. The second-order valence-corrected chi connectivity index (χ2v) is 10.2. The fraction of sp³-hybridized carbons (Fsp3) is 0.304. The van der Waals surface area contributed by atoms with Crippen LogP contribution in [0.25, 0.3) is 0 Å². The minimum atomic E-state index is -0.142. The molecule has 0 radical (unpaired) electrons. The van der Waals surface area contributed by atoms with Crippen LogP contribution in [0.4, 0.5) is 0 Å². The topological polar surface area (TPSA) is 47.4 Å². The Bertz CT molecular complexity index is 1070. The Labute approximate surface area is 203 Å². The van der Waals surface area contributed by atoms with Crippen LogP contribution < -0.4 is 5.56 Å². The molecule has 2 heterocycles. The standard InChI is InChI=1S/C23H23Br2N3O2S/c24-20-5-1-17(2-6-20)13-28-15-19(14-27-9-11-30-12-10-27)22(29)26-23(28)31-16-18-3-7-21(25)8-4-18/h1-8,15H,9-14,16H2. The van der Waals surface area contributed by atoms with Gasteiger partial charge in [0, 0.05) is 52.6 Å². The second-order valence-electron chi connectivity index (χ2n) is 7.41. The maximum atomic E-state index is 12.8. The molecule has 1 aliphatic rings. The van der Waals surface area contributed by atoms with E-state index in [1.807, 2.05) is 30.5 Å². The van der Waals surface area contributed by atoms with Crippen LogP contribution in [0.15, 0.2) is 73.6 Å². The number of halogens is 2. The highest BCUT2D eigenvalue weighted by atomic mass is 79.9. The molecule has 0 amide bonds. The largest absolute Gasteiger partial charge is 0.379 e. The summed E-state index contributed by atoms with van der Waals surface area (Å²) in [5.74, 6) is 0.753. The van der Waals surface area contributed by atoms with Crippen molar-refractivity contribution in [2.24, 2.45) is 0 Å². The maximum Gasteiger partial charge on any atom is 0.278 e. The van der Waals surface area contributed by atoms with E-state index >= 15 is 0 Å². The van der Waals surface area contributed by atoms with Gasteiger partial charge in [-0.3, -0.25) is 9.69 Å². The summed E-state index contributed by atoms with van der Waals surface area (Å²) in [5.41, 5.74) is 2.94. The average molecular weight is 565 g/mol. The van der Waals surface area contributed by atoms with Crippen molar-refractivity contribution in [3.8, 4) is 0 Å². The number of hydrogen-bond acceptors (Lipinski definition) is 5. The van der Waals surface area contributed by atoms with Gasteiger partial charge in [-0.1, -0.05) is 67.9 Å². The quantitative estimate of drug-likeness (QED) is 0.300. The van der Waals surface area contributed by atoms with Crippen molar-refractivity contribution in [3.63, 3.8) is 0 Å². The summed E-state index contributed by atoms with van der Waals surface area (Å²) in [7, 11) is 0. The summed E-state index contributed by atoms with van der Waals surface area (Å²) in [6.07, 6.45) is 1.98. The average Bonchev–Trinajstić information content (AvgIpc) is 2.78. The molecule has 0 bridgehead atoms. The molecule has 8 heteroatoms. The van der Waals surface area contributed by atoms with Crippen LogP contribution in [-0.2, 0) is 23.6 Å². The Balaban J connectivity index is 1.59. The highest BCUT2D eigenvalue weighted by Gasteiger charge is 2.16. The zero-order valence-corrected chi connectivity index (χ0v) is 21.0. The fourth-order valence-corrected chi connectivity index (χ4v) is 4.82. The molecule has 5 nitrogen and oxygen atoms in total. The molecule has 0 N–H and O–H groups in total. The smallest absolute Gasteiger partial charge is 0.278 e. The predicted octanol–water partition coefficient (Wildman–Crippen LogP) is 4.94. The highest BCUT2D eigenvalue weighted by molar-refractivity contribution is 9.10. The first kappa shape index (κ1) is 22.7. The van der Waals surface area contributed by atoms with E-state index in [0.29, 0.717) is 26.3 Å². The summed E-state index contributed by atoms with van der Waals surface area (Å²) >= 11 is 8.56. The van der Waals surface area contributed by atoms with Crippen molar-refractivity contribution in [2.45, 2.75) is 24.0 Å². The van der Waals surface area contributed by atoms with Gasteiger partial charge in [0.15, 0.2) is 5.16 Å². The summed E-state index contributed by atoms with van der Waals surface area (Å²) in [4.78, 5) is 19.5. The Kier molecular flexibility index (Phi) is 8.01. The molecule has 31 heavy (non-hydrogen) atoms. The van der Waals surface area contributed by atoms with Crippen molar-refractivity contribution >= 4 is 43.6 Å². The molecule has 0 unspecified atom stereocenters. The molecule has 0 spiro atoms. The molecule has 1 aromatic heterocycles. The van der Waals surface area contributed by atoms with Gasteiger partial charge in [0.25, 0.3) is 5.56 Å². The van der Waals surface area contributed by atoms with Crippen LogP contribution in [-0.4, -0.2) is 40.8 Å². The minimum absolute atomic E-state index is 0.142. The van der Waals surface area contributed by atoms with Gasteiger partial charge in [-0.25, -0.2) is 0 Å². The maximum absolute atomic E-state index is 12.8. The number of hydrogen-bond donors (Lipinski definition) is 0. The van der Waals surface area contributed by atoms with Crippen molar-refractivity contribution in [2.75, 3.05) is 26.3 Å². The SMILES string of the molecule is O=c1nc(SCc2ccc(Br)cc2)n(Cc2ccc(Br)cc2)cc1CN1CCOCC1. The van der Waals surface area contributed by atoms with Crippen molar-refractivity contribution in [3.05, 3.63) is 90.7 Å². The molecular formula is C23H23Br2N3O2S. The molecular weight excluding hydrogens is 542 g/mol. The molecule has 1 saturated heterocycles. The van der Waals surface area contributed by atoms with E-state index in [2.05, 4.69) is 70.6 Å². The van der Waals surface area contributed by atoms with Gasteiger partial charge >= 0.3 is 0 Å². The fourth-order valence-electron chi connectivity index (χ4n) is 3.37. The van der Waals surface area contributed by atoms with E-state index in [1.165, 1.54) is 5.56 Å². The van der Waals surface area contributed by atoms with E-state index < -0.39 is 0 Å². The Morgan fingerprint density at radius 2 is 1.52 bits per heavy atom. The van der Waals surface area contributed by atoms with Gasteiger partial charge in [0.2, 0.25) is 0 Å². The summed E-state index contributed by atoms with van der Waals surface area (Å²) in [6.45, 7) is 4.37. The van der Waals surface area contributed by atoms with Gasteiger partial charge in [0.1, 0.15) is 0 Å². The number of aromatic nitrogens is 2. The Morgan fingerprint density at radius 3 is 2.16 bits per heavy atom. The summed E-state index contributed by atoms with van der Waals surface area (Å²) in [6, 6.07) is 16.5. The third-order valence-corrected chi connectivity index (χ3v) is 7.19. The third-order valence-electron chi connectivity index (χ3n) is 5.07. The highest BCUT2D eigenvalue weighted by Crippen LogP contribution is 2.23. The molecule has 3 aromatic rings. The molecule has 0 saturated carbocycles. The lowest BCUT2D eigenvalue weighted by atomic mass is 10.2. The monoisotopic (exact) mass is 563 g/mol. The summed E-state index contributed by atoms with van der Waals surface area (Å²) < 4.78 is 9.63. The minimum Gasteiger partial charge on any atom is -0.379 e. The first-order chi connectivity index (χ1) is 15.1. The number of rotatable bonds is 7. The van der Waals surface area contributed by atoms with Crippen molar-refractivity contribution < 1.29 is 4.74 Å². The van der Waals surface area contributed by atoms with Gasteiger partial charge in [0.05, 0.1) is 13.2 Å². The molecule has 0 aliphatic carbocycles. The van der Waals surface area contributed by atoms with Crippen molar-refractivity contribution in [1.29, 1.82) is 0 Å². The normalized spacial score (nSPS) is 14.6. The lowest BCUT2D eigenvalue weighted by Crippen LogP contribution is -2.37. The number of thioether (sulfide) groups is 1. The zero-order chi connectivity index (χ0) is 21.6. The molecule has 2 aromatic carbocycles. The lowest BCUT2D eigenvalue weighted by molar-refractivity contribution is 0.0339. The van der Waals surface area contributed by atoms with Gasteiger partial charge in [-0.2, -0.15) is 4.98 Å². The molecule has 0 atom stereocenters. The van der Waals surface area contributed by atoms with Gasteiger partial charge in [-0.15, -0.1) is 0 Å². The first-order valence-electron chi connectivity index (χ1n) is 10.1. The number of benzene rings is 2. The van der Waals surface area contributed by atoms with Crippen LogP contribution in [0.5, 0.6) is 0 Å². The van der Waals surface area contributed by atoms with E-state index in [0.717, 1.165) is 44.1 Å². The molecule has 4 rings (SSSR count). The number of nitrogens with zero attached hydrogens (tertiary/aromatic N) is 3. The van der Waals surface area contributed by atoms with Crippen LogP contribution in [0.1, 0.15) is 16.7 Å². The van der Waals surface area contributed by atoms with E-state index in [9.17, 15) is 4.79 Å². The van der Waals surface area contributed by atoms with Crippen LogP contribution >= 0.6 is 43.6 Å². The Hall–Kier alpha value is -1.45. The lowest BCUT2D eigenvalue weighted by Gasteiger charge is -2.26. The Morgan fingerprint density at radius 1 is 0.903 bits per heavy atom. The van der Waals surface area contributed by atoms with Crippen LogP contribution in [0.2, 0.25) is 0 Å². The molecule has 1 aliphatic heterocycles. The first-order valence-corrected chi connectivity index (χ1v) is 12.7. The van der Waals surface area contributed by atoms with Crippen molar-refractivity contribution in [1.82, 2.24) is 14.5 Å². The zero-order valence-electron chi connectivity index (χ0n) is 17.0. The van der Waals surface area contributed by atoms with E-state index in [1.54, 1.807) is 11.8 Å². The number of ether oxygens (including phenoxy) is 1. The van der Waals surface area contributed by atoms with E-state index in [-0.39, 0.29) is 5.56 Å². The number of morpholine rings is 1. The van der Waals surface area contributed by atoms with Gasteiger partial charge in [-0.05, 0) is 35.4 Å².